The Morgan fingerprint density at radius 1 is 0.315 bits per heavy atom. The highest BCUT2D eigenvalue weighted by molar-refractivity contribution is 5.97. The summed E-state index contributed by atoms with van der Waals surface area (Å²) in [6.45, 7) is 13.6. The average molecular weight is 1910 g/mol. The Hall–Kier alpha value is -19.1. The van der Waals surface area contributed by atoms with Crippen molar-refractivity contribution in [2.24, 2.45) is 0 Å². The van der Waals surface area contributed by atoms with Crippen molar-refractivity contribution in [3.05, 3.63) is 417 Å². The SMILES string of the molecule is C=CCOc1ccc(-c2ccn3c(-c4ccnc5ccccc45)nnc3c2)cc1.CCC(C)Oc1ccc(-c2ccn3c(-c4ccnc5ccccc45)nnc3c2)cc1.CCOc1ccc(-c2ccn3c(-c4ccnc5ccccc45)nnc3c2)cc1.CCn1ccc(-c2ccn3c(-c4ccnc5ccccc45)nnc3c2)cc1=O.O=c1cc(-c2ccn3c(-c4ccnc5ccccc45)nnc3c2)ccn1C1CCCC1. The van der Waals surface area contributed by atoms with E-state index in [9.17, 15) is 9.59 Å². The van der Waals surface area contributed by atoms with Crippen LogP contribution in [0.2, 0.25) is 0 Å². The fourth-order valence-electron chi connectivity index (χ4n) is 18.7. The van der Waals surface area contributed by atoms with Crippen LogP contribution in [0.25, 0.3) is 195 Å². The normalized spacial score (nSPS) is 12.1. The lowest BCUT2D eigenvalue weighted by atomic mass is 10.1. The summed E-state index contributed by atoms with van der Waals surface area (Å²) >= 11 is 0. The fourth-order valence-corrected chi connectivity index (χ4v) is 18.7. The van der Waals surface area contributed by atoms with Gasteiger partial charge in [0.05, 0.1) is 40.3 Å². The Labute approximate surface area is 837 Å². The van der Waals surface area contributed by atoms with Gasteiger partial charge in [-0.05, 0) is 266 Å². The Bertz CT molecular complexity index is 9220. The predicted octanol–water partition coefficient (Wildman–Crippen LogP) is 24.7. The third-order valence-electron chi connectivity index (χ3n) is 26.3. The lowest BCUT2D eigenvalue weighted by Gasteiger charge is -2.14. The average Bonchev–Trinajstić information content (AvgIpc) is 1.62. The number of aryl methyl sites for hydroxylation is 1. The van der Waals surface area contributed by atoms with Gasteiger partial charge in [-0.3, -0.25) is 56.5 Å². The van der Waals surface area contributed by atoms with Gasteiger partial charge in [0.15, 0.2) is 57.4 Å². The molecule has 0 bridgehead atoms. The zero-order chi connectivity index (χ0) is 98.9. The van der Waals surface area contributed by atoms with E-state index in [0.717, 1.165) is 232 Å². The Morgan fingerprint density at radius 3 is 0.904 bits per heavy atom. The molecule has 17 aromatic heterocycles. The van der Waals surface area contributed by atoms with Gasteiger partial charge in [0, 0.05) is 154 Å². The molecule has 26 rings (SSSR count). The van der Waals surface area contributed by atoms with Gasteiger partial charge in [0.2, 0.25) is 0 Å². The summed E-state index contributed by atoms with van der Waals surface area (Å²) in [5, 5.41) is 49.5. The summed E-state index contributed by atoms with van der Waals surface area (Å²) in [4.78, 5) is 47.0. The minimum absolute atomic E-state index is 0.00900. The van der Waals surface area contributed by atoms with Gasteiger partial charge in [0.1, 0.15) is 23.9 Å². The Kier molecular flexibility index (Phi) is 26.1. The van der Waals surface area contributed by atoms with Gasteiger partial charge in [0.25, 0.3) is 11.1 Å². The topological polar surface area (TPSA) is 287 Å². The number of fused-ring (bicyclic) bond motifs is 10. The molecule has 712 valence electrons. The Morgan fingerprint density at radius 2 is 0.603 bits per heavy atom. The number of aromatic nitrogens is 22. The summed E-state index contributed by atoms with van der Waals surface area (Å²) in [6, 6.07) is 102. The lowest BCUT2D eigenvalue weighted by Crippen LogP contribution is -2.21. The molecule has 0 amide bonds. The summed E-state index contributed by atoms with van der Waals surface area (Å²) < 4.78 is 30.5. The van der Waals surface area contributed by atoms with Crippen molar-refractivity contribution in [2.75, 3.05) is 13.2 Å². The molecule has 0 radical (unpaired) electrons. The van der Waals surface area contributed by atoms with Gasteiger partial charge >= 0.3 is 0 Å². The molecule has 1 aliphatic rings. The first-order valence-corrected chi connectivity index (χ1v) is 48.6. The predicted molar refractivity (Wildman–Crippen MR) is 575 cm³/mol. The lowest BCUT2D eigenvalue weighted by molar-refractivity contribution is 0.217. The van der Waals surface area contributed by atoms with E-state index in [-0.39, 0.29) is 17.2 Å². The molecule has 8 aromatic carbocycles. The van der Waals surface area contributed by atoms with E-state index >= 15 is 0 Å². The molecular weight excluding hydrogens is 1820 g/mol. The Balaban J connectivity index is 0.000000104. The summed E-state index contributed by atoms with van der Waals surface area (Å²) in [5.74, 6) is 6.56. The maximum Gasteiger partial charge on any atom is 0.251 e. The van der Waals surface area contributed by atoms with Crippen LogP contribution < -0.4 is 25.3 Å². The van der Waals surface area contributed by atoms with Gasteiger partial charge < -0.3 is 23.3 Å². The van der Waals surface area contributed by atoms with E-state index in [0.29, 0.717) is 25.8 Å². The monoisotopic (exact) mass is 1910 g/mol. The number of rotatable bonds is 20. The molecule has 17 heterocycles. The van der Waals surface area contributed by atoms with Crippen LogP contribution in [0.3, 0.4) is 0 Å². The minimum atomic E-state index is -0.00900. The highest BCUT2D eigenvalue weighted by Crippen LogP contribution is 2.38. The van der Waals surface area contributed by atoms with Crippen LogP contribution >= 0.6 is 0 Å². The van der Waals surface area contributed by atoms with Gasteiger partial charge in [-0.25, -0.2) is 0 Å². The molecule has 1 saturated carbocycles. The number of para-hydroxylation sites is 5. The number of hydrogen-bond acceptors (Lipinski definition) is 20. The van der Waals surface area contributed by atoms with Crippen LogP contribution in [0, 0.1) is 0 Å². The number of ether oxygens (including phenoxy) is 3. The zero-order valence-corrected chi connectivity index (χ0v) is 80.3. The second-order valence-electron chi connectivity index (χ2n) is 35.3. The highest BCUT2D eigenvalue weighted by atomic mass is 16.5. The van der Waals surface area contributed by atoms with Crippen molar-refractivity contribution >= 4 is 82.8 Å². The second kappa shape index (κ2) is 41.4. The van der Waals surface area contributed by atoms with Gasteiger partial charge in [-0.15, -0.1) is 51.0 Å². The smallest absolute Gasteiger partial charge is 0.251 e. The third-order valence-corrected chi connectivity index (χ3v) is 26.3. The molecule has 146 heavy (non-hydrogen) atoms. The molecule has 25 aromatic rings. The molecule has 1 aliphatic carbocycles. The van der Waals surface area contributed by atoms with Crippen molar-refractivity contribution in [1.82, 2.24) is 107 Å². The highest BCUT2D eigenvalue weighted by Gasteiger charge is 2.23. The van der Waals surface area contributed by atoms with Crippen molar-refractivity contribution in [2.45, 2.75) is 78.5 Å². The van der Waals surface area contributed by atoms with E-state index < -0.39 is 0 Å². The van der Waals surface area contributed by atoms with E-state index in [1.807, 2.05) is 327 Å². The van der Waals surface area contributed by atoms with Crippen molar-refractivity contribution in [1.29, 1.82) is 0 Å². The standard InChI is InChI=1S/C25H21N5O.C25H22N4O.C24H18N4O.C23H18N4O.C22H17N5O/c31-24-16-18(10-13-29(24)19-5-1-2-6-19)17-11-14-30-23(15-17)27-28-25(30)21-9-12-26-22-8-4-3-7-20(21)22;1-3-17(2)30-20-10-8-18(9-11-20)19-13-15-29-24(16-19)27-28-25(29)22-12-14-26-23-7-5-4-6-21(22)23;1-2-15-29-19-9-7-17(8-10-19)18-12-14-28-23(16-18)26-27-24(28)21-11-13-25-22-6-4-3-5-20(21)22;1-2-28-18-9-7-16(8-10-18)17-12-14-27-22(15-17)25-26-23(27)20-11-13-24-21-6-4-3-5-19(20)21;1-2-26-11-8-16(14-21(26)28)15-9-12-27-20(13-15)24-25-22(27)18-7-10-23-19-6-4-3-5-17(18)19/h3-4,7-16,19H,1-2,5-6H2;4-17H,3H2,1-2H3;2-14,16H,1,15H2;3-15H,2H2,1H3;3-14H,2H2,1H3. The molecule has 27 heteroatoms. The van der Waals surface area contributed by atoms with Crippen LogP contribution in [0.4, 0.5) is 0 Å². The first-order valence-electron chi connectivity index (χ1n) is 48.6. The second-order valence-corrected chi connectivity index (χ2v) is 35.3. The van der Waals surface area contributed by atoms with Crippen LogP contribution in [0.1, 0.15) is 65.8 Å². The molecule has 1 atom stereocenters. The molecule has 0 aliphatic heterocycles. The number of benzene rings is 8. The maximum absolute atomic E-state index is 12.7. The quantitative estimate of drug-likeness (QED) is 0.0641. The van der Waals surface area contributed by atoms with Gasteiger partial charge in [-0.1, -0.05) is 160 Å². The van der Waals surface area contributed by atoms with E-state index in [1.54, 1.807) is 35.2 Å². The van der Waals surface area contributed by atoms with Crippen LogP contribution in [-0.2, 0) is 6.54 Å². The third kappa shape index (κ3) is 19.0. The molecule has 27 nitrogen and oxygen atoms in total. The van der Waals surface area contributed by atoms with E-state index in [4.69, 9.17) is 14.2 Å². The van der Waals surface area contributed by atoms with Gasteiger partial charge in [-0.2, -0.15) is 0 Å². The van der Waals surface area contributed by atoms with Crippen LogP contribution in [0.15, 0.2) is 406 Å². The zero-order valence-electron chi connectivity index (χ0n) is 80.3. The number of nitrogens with zero attached hydrogens (tertiary/aromatic N) is 22. The molecule has 0 N–H and O–H groups in total. The van der Waals surface area contributed by atoms with Crippen molar-refractivity contribution in [3.63, 3.8) is 0 Å². The largest absolute Gasteiger partial charge is 0.494 e. The minimum Gasteiger partial charge on any atom is -0.494 e. The molecular formula is C119H96N22O5. The maximum atomic E-state index is 12.7. The number of hydrogen-bond donors (Lipinski definition) is 0. The summed E-state index contributed by atoms with van der Waals surface area (Å²) in [5.41, 5.74) is 23.9. The van der Waals surface area contributed by atoms with Crippen molar-refractivity contribution < 1.29 is 14.2 Å². The van der Waals surface area contributed by atoms with E-state index in [2.05, 4.69) is 169 Å². The fraction of sp³-hybridized carbons (Fsp3) is 0.118. The number of pyridine rings is 12. The van der Waals surface area contributed by atoms with Crippen LogP contribution in [0.5, 0.6) is 17.2 Å². The van der Waals surface area contributed by atoms with Crippen LogP contribution in [-0.4, -0.2) is 126 Å². The summed E-state index contributed by atoms with van der Waals surface area (Å²) in [7, 11) is 0. The first kappa shape index (κ1) is 92.0. The molecule has 0 spiro atoms. The molecule has 1 unspecified atom stereocenters. The van der Waals surface area contributed by atoms with Crippen molar-refractivity contribution in [3.8, 4) is 130 Å². The molecule has 1 fully saturated rings. The van der Waals surface area contributed by atoms with E-state index in [1.165, 1.54) is 12.8 Å². The first-order chi connectivity index (χ1) is 71.9. The molecule has 0 saturated heterocycles. The summed E-state index contributed by atoms with van der Waals surface area (Å²) in [6.07, 6.45) is 30.3.